The average molecular weight is 318 g/mol. The molecule has 4 nitrogen and oxygen atoms in total. The molecule has 0 aromatic heterocycles. The summed E-state index contributed by atoms with van der Waals surface area (Å²) >= 11 is 0. The summed E-state index contributed by atoms with van der Waals surface area (Å²) in [5.74, 6) is 0.0136. The molecule has 0 spiro atoms. The molecule has 1 aliphatic carbocycles. The molecule has 0 aliphatic heterocycles. The number of carbonyl (C=O) groups excluding carboxylic acids is 1. The molecule has 4 N–H and O–H groups in total. The van der Waals surface area contributed by atoms with Gasteiger partial charge in [-0.1, -0.05) is 51.5 Å². The third-order valence-electron chi connectivity index (χ3n) is 4.72. The summed E-state index contributed by atoms with van der Waals surface area (Å²) in [6.07, 6.45) is 2.99. The molecule has 0 bridgehead atoms. The van der Waals surface area contributed by atoms with Crippen molar-refractivity contribution >= 4 is 5.91 Å². The van der Waals surface area contributed by atoms with E-state index in [1.54, 1.807) is 0 Å². The zero-order chi connectivity index (χ0) is 17.0. The van der Waals surface area contributed by atoms with Gasteiger partial charge in [0.15, 0.2) is 0 Å². The Morgan fingerprint density at radius 3 is 2.52 bits per heavy atom. The highest BCUT2D eigenvalue weighted by Crippen LogP contribution is 2.25. The Bertz CT molecular complexity index is 519. The van der Waals surface area contributed by atoms with Crippen molar-refractivity contribution in [3.8, 4) is 0 Å². The highest BCUT2D eigenvalue weighted by Gasteiger charge is 2.25. The topological polar surface area (TPSA) is 75.3 Å². The predicted molar refractivity (Wildman–Crippen MR) is 93.0 cm³/mol. The molecule has 4 heteroatoms. The summed E-state index contributed by atoms with van der Waals surface area (Å²) in [4.78, 5) is 12.2. The van der Waals surface area contributed by atoms with Gasteiger partial charge in [-0.25, -0.2) is 0 Å². The lowest BCUT2D eigenvalue weighted by Crippen LogP contribution is -2.39. The monoisotopic (exact) mass is 318 g/mol. The van der Waals surface area contributed by atoms with Gasteiger partial charge in [0.05, 0.1) is 6.10 Å². The highest BCUT2D eigenvalue weighted by molar-refractivity contribution is 5.78. The molecule has 1 fully saturated rings. The molecule has 3 unspecified atom stereocenters. The van der Waals surface area contributed by atoms with Gasteiger partial charge in [-0.3, -0.25) is 4.79 Å². The third kappa shape index (κ3) is 5.05. The molecule has 23 heavy (non-hydrogen) atoms. The lowest BCUT2D eigenvalue weighted by molar-refractivity contribution is -0.126. The van der Waals surface area contributed by atoms with Crippen LogP contribution < -0.4 is 11.1 Å². The van der Waals surface area contributed by atoms with Crippen LogP contribution in [0.25, 0.3) is 0 Å². The Hall–Kier alpha value is -1.39. The molecule has 3 atom stereocenters. The van der Waals surface area contributed by atoms with E-state index >= 15 is 0 Å². The first-order valence-corrected chi connectivity index (χ1v) is 8.59. The number of aliphatic hydroxyl groups excluding tert-OH is 1. The maximum absolute atomic E-state index is 12.2. The fraction of sp³-hybridized carbons (Fsp3) is 0.632. The van der Waals surface area contributed by atoms with Crippen molar-refractivity contribution in [1.29, 1.82) is 0 Å². The van der Waals surface area contributed by atoms with Gasteiger partial charge in [0.25, 0.3) is 0 Å². The minimum absolute atomic E-state index is 0.00536. The van der Waals surface area contributed by atoms with E-state index in [0.29, 0.717) is 0 Å². The van der Waals surface area contributed by atoms with Gasteiger partial charge in [0.1, 0.15) is 0 Å². The summed E-state index contributed by atoms with van der Waals surface area (Å²) in [6.45, 7) is 6.73. The Kier molecular flexibility index (Phi) is 5.82. The van der Waals surface area contributed by atoms with Crippen LogP contribution in [0.5, 0.6) is 0 Å². The molecule has 128 valence electrons. The number of nitrogens with two attached hydrogens (primary N) is 1. The predicted octanol–water partition coefficient (Wildman–Crippen LogP) is 2.65. The summed E-state index contributed by atoms with van der Waals surface area (Å²) in [6, 6.07) is 8.09. The van der Waals surface area contributed by atoms with Crippen molar-refractivity contribution in [2.75, 3.05) is 6.54 Å². The number of aliphatic hydroxyl groups is 1. The van der Waals surface area contributed by atoms with Crippen molar-refractivity contribution in [3.05, 3.63) is 35.4 Å². The zero-order valence-corrected chi connectivity index (χ0v) is 14.5. The minimum atomic E-state index is -0.676. The van der Waals surface area contributed by atoms with Crippen LogP contribution in [0.15, 0.2) is 24.3 Å². The van der Waals surface area contributed by atoms with Gasteiger partial charge >= 0.3 is 0 Å². The van der Waals surface area contributed by atoms with Crippen molar-refractivity contribution in [2.24, 2.45) is 11.7 Å². The van der Waals surface area contributed by atoms with Gasteiger partial charge in [-0.2, -0.15) is 0 Å². The van der Waals surface area contributed by atoms with E-state index < -0.39 is 6.10 Å². The summed E-state index contributed by atoms with van der Waals surface area (Å²) in [7, 11) is 0. The Labute approximate surface area is 139 Å². The standard InChI is InChI=1S/C19H30N2O2/c1-19(2,3)15-9-7-13(8-10-15)17(22)12-21-18(23)14-5-4-6-16(20)11-14/h7-10,14,16-17,22H,4-6,11-12,20H2,1-3H3,(H,21,23). The molecule has 0 heterocycles. The normalized spacial score (nSPS) is 23.3. The number of nitrogens with one attached hydrogen (secondary N) is 1. The van der Waals surface area contributed by atoms with Gasteiger partial charge < -0.3 is 16.2 Å². The zero-order valence-electron chi connectivity index (χ0n) is 14.5. The van der Waals surface area contributed by atoms with Crippen molar-refractivity contribution in [2.45, 2.75) is 64.0 Å². The minimum Gasteiger partial charge on any atom is -0.387 e. The van der Waals surface area contributed by atoms with E-state index in [1.807, 2.05) is 24.3 Å². The van der Waals surface area contributed by atoms with Gasteiger partial charge in [0.2, 0.25) is 5.91 Å². The molecule has 1 amide bonds. The van der Waals surface area contributed by atoms with E-state index in [1.165, 1.54) is 5.56 Å². The molecule has 1 aromatic rings. The third-order valence-corrected chi connectivity index (χ3v) is 4.72. The molecule has 1 aromatic carbocycles. The molecular formula is C19H30N2O2. The molecule has 0 saturated heterocycles. The Morgan fingerprint density at radius 1 is 1.30 bits per heavy atom. The van der Waals surface area contributed by atoms with Crippen LogP contribution in [0.3, 0.4) is 0 Å². The van der Waals surface area contributed by atoms with Crippen molar-refractivity contribution < 1.29 is 9.90 Å². The van der Waals surface area contributed by atoms with Crippen LogP contribution in [0.1, 0.15) is 63.7 Å². The number of hydrogen-bond acceptors (Lipinski definition) is 3. The van der Waals surface area contributed by atoms with Gasteiger partial charge in [-0.15, -0.1) is 0 Å². The van der Waals surface area contributed by atoms with E-state index in [4.69, 9.17) is 5.73 Å². The summed E-state index contributed by atoms with van der Waals surface area (Å²) < 4.78 is 0. The van der Waals surface area contributed by atoms with Crippen LogP contribution in [-0.2, 0) is 10.2 Å². The lowest BCUT2D eigenvalue weighted by Gasteiger charge is -2.26. The van der Waals surface area contributed by atoms with Crippen molar-refractivity contribution in [1.82, 2.24) is 5.32 Å². The van der Waals surface area contributed by atoms with Crippen LogP contribution in [0, 0.1) is 5.92 Å². The second-order valence-electron chi connectivity index (χ2n) is 7.76. The molecular weight excluding hydrogens is 288 g/mol. The summed E-state index contributed by atoms with van der Waals surface area (Å²) in [5, 5.41) is 13.1. The van der Waals surface area contributed by atoms with E-state index in [0.717, 1.165) is 31.2 Å². The smallest absolute Gasteiger partial charge is 0.223 e. The Balaban J connectivity index is 1.86. The van der Waals surface area contributed by atoms with E-state index in [-0.39, 0.29) is 29.8 Å². The second-order valence-corrected chi connectivity index (χ2v) is 7.76. The molecule has 2 rings (SSSR count). The first kappa shape index (κ1) is 18.0. The fourth-order valence-corrected chi connectivity index (χ4v) is 3.13. The molecule has 1 saturated carbocycles. The highest BCUT2D eigenvalue weighted by atomic mass is 16.3. The summed E-state index contributed by atoms with van der Waals surface area (Å²) in [5.41, 5.74) is 8.09. The van der Waals surface area contributed by atoms with E-state index in [2.05, 4.69) is 26.1 Å². The van der Waals surface area contributed by atoms with E-state index in [9.17, 15) is 9.90 Å². The molecule has 0 radical (unpaired) electrons. The largest absolute Gasteiger partial charge is 0.387 e. The fourth-order valence-electron chi connectivity index (χ4n) is 3.13. The van der Waals surface area contributed by atoms with Crippen LogP contribution in [0.2, 0.25) is 0 Å². The van der Waals surface area contributed by atoms with Crippen LogP contribution >= 0.6 is 0 Å². The maximum Gasteiger partial charge on any atom is 0.223 e. The number of amides is 1. The maximum atomic E-state index is 12.2. The quantitative estimate of drug-likeness (QED) is 0.799. The van der Waals surface area contributed by atoms with Gasteiger partial charge in [-0.05, 0) is 35.8 Å². The number of hydrogen-bond donors (Lipinski definition) is 3. The second kappa shape index (κ2) is 7.45. The first-order chi connectivity index (χ1) is 10.8. The Morgan fingerprint density at radius 2 is 1.96 bits per heavy atom. The van der Waals surface area contributed by atoms with Crippen LogP contribution in [-0.4, -0.2) is 23.6 Å². The van der Waals surface area contributed by atoms with Crippen LogP contribution in [0.4, 0.5) is 0 Å². The number of benzene rings is 1. The van der Waals surface area contributed by atoms with Gasteiger partial charge in [0, 0.05) is 18.5 Å². The first-order valence-electron chi connectivity index (χ1n) is 8.59. The average Bonchev–Trinajstić information content (AvgIpc) is 2.51. The lowest BCUT2D eigenvalue weighted by atomic mass is 9.85. The SMILES string of the molecule is CC(C)(C)c1ccc(C(O)CNC(=O)C2CCCC(N)C2)cc1. The van der Waals surface area contributed by atoms with Crippen molar-refractivity contribution in [3.63, 3.8) is 0 Å². The number of carbonyl (C=O) groups is 1. The number of rotatable bonds is 4. The molecule has 1 aliphatic rings.